The third-order valence-electron chi connectivity index (χ3n) is 9.88. The molecule has 0 aliphatic carbocycles. The number of benzene rings is 8. The summed E-state index contributed by atoms with van der Waals surface area (Å²) in [5.41, 5.74) is 13.5. The minimum absolute atomic E-state index is 0.900. The fraction of sp³-hybridized carbons (Fsp3) is 0.0204. The zero-order valence-electron chi connectivity index (χ0n) is 28.3. The number of rotatable bonds is 7. The second-order valence-electron chi connectivity index (χ2n) is 13.0. The Balaban J connectivity index is 1.12. The van der Waals surface area contributed by atoms with Crippen molar-refractivity contribution in [3.63, 3.8) is 0 Å². The molecule has 0 atom stereocenters. The van der Waals surface area contributed by atoms with Crippen LogP contribution >= 0.6 is 0 Å². The molecule has 1 aromatic heterocycles. The number of furan rings is 1. The van der Waals surface area contributed by atoms with Crippen molar-refractivity contribution >= 4 is 38.8 Å². The topological polar surface area (TPSA) is 16.4 Å². The molecule has 9 aromatic rings. The van der Waals surface area contributed by atoms with Crippen molar-refractivity contribution in [3.05, 3.63) is 200 Å². The summed E-state index contributed by atoms with van der Waals surface area (Å²) in [4.78, 5) is 2.36. The van der Waals surface area contributed by atoms with E-state index < -0.39 is 0 Å². The Morgan fingerprint density at radius 2 is 0.961 bits per heavy atom. The van der Waals surface area contributed by atoms with Gasteiger partial charge in [-0.2, -0.15) is 0 Å². The monoisotopic (exact) mass is 653 g/mol. The van der Waals surface area contributed by atoms with E-state index in [9.17, 15) is 0 Å². The van der Waals surface area contributed by atoms with Crippen molar-refractivity contribution in [3.8, 4) is 44.7 Å². The average Bonchev–Trinajstić information content (AvgIpc) is 3.55. The maximum atomic E-state index is 6.43. The molecule has 9 rings (SSSR count). The molecule has 1 heterocycles. The average molecular weight is 654 g/mol. The summed E-state index contributed by atoms with van der Waals surface area (Å²) in [7, 11) is 0. The molecule has 51 heavy (non-hydrogen) atoms. The van der Waals surface area contributed by atoms with Gasteiger partial charge in [-0.05, 0) is 81.9 Å². The predicted molar refractivity (Wildman–Crippen MR) is 215 cm³/mol. The highest BCUT2D eigenvalue weighted by Crippen LogP contribution is 2.43. The maximum Gasteiger partial charge on any atom is 0.138 e. The van der Waals surface area contributed by atoms with Gasteiger partial charge in [-0.15, -0.1) is 0 Å². The molecule has 0 spiro atoms. The van der Waals surface area contributed by atoms with E-state index in [1.54, 1.807) is 0 Å². The van der Waals surface area contributed by atoms with Crippen LogP contribution < -0.4 is 4.90 Å². The first-order chi connectivity index (χ1) is 25.2. The van der Waals surface area contributed by atoms with Crippen LogP contribution in [0.3, 0.4) is 0 Å². The number of hydrogen-bond donors (Lipinski definition) is 0. The molecule has 0 aliphatic rings. The molecule has 0 bridgehead atoms. The van der Waals surface area contributed by atoms with E-state index in [1.807, 2.05) is 12.1 Å². The summed E-state index contributed by atoms with van der Waals surface area (Å²) < 4.78 is 6.43. The van der Waals surface area contributed by atoms with Crippen LogP contribution in [0.25, 0.3) is 66.4 Å². The fourth-order valence-corrected chi connectivity index (χ4v) is 7.32. The summed E-state index contributed by atoms with van der Waals surface area (Å²) in [5, 5.41) is 3.67. The van der Waals surface area contributed by atoms with Crippen LogP contribution in [0, 0.1) is 6.92 Å². The molecule has 2 heteroatoms. The lowest BCUT2D eigenvalue weighted by Crippen LogP contribution is -2.11. The largest absolute Gasteiger partial charge is 0.456 e. The number of hydrogen-bond acceptors (Lipinski definition) is 2. The number of para-hydroxylation sites is 2. The van der Waals surface area contributed by atoms with Crippen molar-refractivity contribution in [1.82, 2.24) is 0 Å². The van der Waals surface area contributed by atoms with Gasteiger partial charge in [0.1, 0.15) is 11.3 Å². The van der Waals surface area contributed by atoms with Crippen LogP contribution in [-0.2, 0) is 0 Å². The van der Waals surface area contributed by atoms with E-state index in [1.165, 1.54) is 38.6 Å². The van der Waals surface area contributed by atoms with Gasteiger partial charge >= 0.3 is 0 Å². The van der Waals surface area contributed by atoms with Crippen LogP contribution in [0.5, 0.6) is 0 Å². The van der Waals surface area contributed by atoms with Gasteiger partial charge in [-0.1, -0.05) is 158 Å². The van der Waals surface area contributed by atoms with E-state index in [-0.39, 0.29) is 0 Å². The van der Waals surface area contributed by atoms with Crippen molar-refractivity contribution in [2.24, 2.45) is 0 Å². The minimum Gasteiger partial charge on any atom is -0.456 e. The predicted octanol–water partition coefficient (Wildman–Crippen LogP) is 14.0. The lowest BCUT2D eigenvalue weighted by atomic mass is 9.96. The molecule has 0 aliphatic heterocycles. The maximum absolute atomic E-state index is 6.43. The number of aryl methyl sites for hydroxylation is 1. The van der Waals surface area contributed by atoms with Gasteiger partial charge in [0, 0.05) is 33.5 Å². The Morgan fingerprint density at radius 1 is 0.392 bits per heavy atom. The summed E-state index contributed by atoms with van der Waals surface area (Å²) in [6, 6.07) is 69.2. The molecular formula is C49H35NO. The molecule has 0 radical (unpaired) electrons. The van der Waals surface area contributed by atoms with Gasteiger partial charge in [0.05, 0.1) is 5.69 Å². The summed E-state index contributed by atoms with van der Waals surface area (Å²) in [6.07, 6.45) is 0. The number of fused-ring (bicyclic) bond motifs is 2. The molecule has 0 saturated heterocycles. The van der Waals surface area contributed by atoms with Gasteiger partial charge in [0.25, 0.3) is 0 Å². The molecule has 242 valence electrons. The van der Waals surface area contributed by atoms with Gasteiger partial charge in [-0.25, -0.2) is 0 Å². The Bertz CT molecular complexity index is 2630. The number of anilines is 3. The van der Waals surface area contributed by atoms with Crippen molar-refractivity contribution < 1.29 is 4.42 Å². The van der Waals surface area contributed by atoms with E-state index in [0.717, 1.165) is 50.5 Å². The summed E-state index contributed by atoms with van der Waals surface area (Å²) >= 11 is 0. The van der Waals surface area contributed by atoms with E-state index >= 15 is 0 Å². The first-order valence-corrected chi connectivity index (χ1v) is 17.4. The zero-order chi connectivity index (χ0) is 34.1. The third kappa shape index (κ3) is 5.67. The summed E-state index contributed by atoms with van der Waals surface area (Å²) in [6.45, 7) is 2.14. The lowest BCUT2D eigenvalue weighted by molar-refractivity contribution is 0.629. The molecular weight excluding hydrogens is 619 g/mol. The molecule has 2 nitrogen and oxygen atoms in total. The van der Waals surface area contributed by atoms with Crippen LogP contribution in [-0.4, -0.2) is 0 Å². The molecule has 0 fully saturated rings. The number of nitrogens with zero attached hydrogens (tertiary/aromatic N) is 1. The van der Waals surface area contributed by atoms with Crippen molar-refractivity contribution in [1.29, 1.82) is 0 Å². The van der Waals surface area contributed by atoms with Crippen LogP contribution in [0.4, 0.5) is 17.1 Å². The lowest BCUT2D eigenvalue weighted by Gasteiger charge is -2.28. The highest BCUT2D eigenvalue weighted by atomic mass is 16.3. The molecule has 0 N–H and O–H groups in total. The fourth-order valence-electron chi connectivity index (χ4n) is 7.32. The van der Waals surface area contributed by atoms with E-state index in [4.69, 9.17) is 4.42 Å². The molecule has 0 saturated carbocycles. The van der Waals surface area contributed by atoms with Crippen molar-refractivity contribution in [2.75, 3.05) is 4.90 Å². The van der Waals surface area contributed by atoms with Crippen LogP contribution in [0.1, 0.15) is 5.56 Å². The van der Waals surface area contributed by atoms with Gasteiger partial charge in [0.2, 0.25) is 0 Å². The Morgan fingerprint density at radius 3 is 1.76 bits per heavy atom. The van der Waals surface area contributed by atoms with Gasteiger partial charge in [-0.3, -0.25) is 0 Å². The standard InChI is InChI=1S/C49H35NO/c1-34-43-19-8-10-24-48(43)51-49(34)40-17-11-18-42(33-40)50(47-23-9-7-21-46(47)38-13-3-2-4-14-38)41-31-29-36(30-32-41)35-25-27-39(28-26-35)45-22-12-16-37-15-5-6-20-44(37)45/h2-33H,1H3. The Hall–Kier alpha value is -6.64. The quantitative estimate of drug-likeness (QED) is 0.170. The van der Waals surface area contributed by atoms with Crippen molar-refractivity contribution in [2.45, 2.75) is 6.92 Å². The zero-order valence-corrected chi connectivity index (χ0v) is 28.3. The Labute approximate surface area is 298 Å². The Kier molecular flexibility index (Phi) is 7.75. The molecule has 8 aromatic carbocycles. The SMILES string of the molecule is Cc1c(-c2cccc(N(c3ccc(-c4ccc(-c5cccc6ccccc56)cc4)cc3)c3ccccc3-c3ccccc3)c2)oc2ccccc12. The first-order valence-electron chi connectivity index (χ1n) is 17.4. The second kappa shape index (κ2) is 13.0. The van der Waals surface area contributed by atoms with Crippen LogP contribution in [0.2, 0.25) is 0 Å². The normalized spacial score (nSPS) is 11.2. The molecule has 0 unspecified atom stereocenters. The van der Waals surface area contributed by atoms with Gasteiger partial charge in [0.15, 0.2) is 0 Å². The third-order valence-corrected chi connectivity index (χ3v) is 9.88. The highest BCUT2D eigenvalue weighted by molar-refractivity contribution is 5.97. The molecule has 0 amide bonds. The van der Waals surface area contributed by atoms with Crippen LogP contribution in [0.15, 0.2) is 199 Å². The van der Waals surface area contributed by atoms with E-state index in [2.05, 4.69) is 194 Å². The highest BCUT2D eigenvalue weighted by Gasteiger charge is 2.19. The summed E-state index contributed by atoms with van der Waals surface area (Å²) in [5.74, 6) is 0.900. The first kappa shape index (κ1) is 30.4. The second-order valence-corrected chi connectivity index (χ2v) is 13.0. The van der Waals surface area contributed by atoms with E-state index in [0.29, 0.717) is 0 Å². The van der Waals surface area contributed by atoms with Gasteiger partial charge < -0.3 is 9.32 Å². The minimum atomic E-state index is 0.900. The smallest absolute Gasteiger partial charge is 0.138 e.